The Bertz CT molecular complexity index is 467. The molecule has 0 fully saturated rings. The highest BCUT2D eigenvalue weighted by molar-refractivity contribution is 7.16. The molecule has 0 radical (unpaired) electrons. The zero-order valence-corrected chi connectivity index (χ0v) is 10.5. The predicted octanol–water partition coefficient (Wildman–Crippen LogP) is 1.47. The standard InChI is InChI=1S/C11H16N4OS/c1-16-6-8(2-4-12)15-10-9-3-5-17-11(9)14-7-13-10/h3,5,7-8H,2,4,6,12H2,1H3,(H,13,14,15). The maximum atomic E-state index is 5.58. The number of hydrogen-bond acceptors (Lipinski definition) is 6. The average Bonchev–Trinajstić information content (AvgIpc) is 2.79. The van der Waals surface area contributed by atoms with Crippen molar-refractivity contribution in [2.45, 2.75) is 12.5 Å². The van der Waals surface area contributed by atoms with Gasteiger partial charge >= 0.3 is 0 Å². The summed E-state index contributed by atoms with van der Waals surface area (Å²) in [5, 5.41) is 6.42. The van der Waals surface area contributed by atoms with Crippen LogP contribution in [0.3, 0.4) is 0 Å². The van der Waals surface area contributed by atoms with Gasteiger partial charge in [-0.3, -0.25) is 0 Å². The number of anilines is 1. The molecular weight excluding hydrogens is 236 g/mol. The van der Waals surface area contributed by atoms with E-state index in [1.165, 1.54) is 0 Å². The number of nitrogens with two attached hydrogens (primary N) is 1. The molecule has 5 nitrogen and oxygen atoms in total. The minimum absolute atomic E-state index is 0.183. The van der Waals surface area contributed by atoms with Crippen molar-refractivity contribution < 1.29 is 4.74 Å². The molecule has 1 unspecified atom stereocenters. The van der Waals surface area contributed by atoms with Crippen LogP contribution in [0, 0.1) is 0 Å². The van der Waals surface area contributed by atoms with Crippen molar-refractivity contribution in [2.75, 3.05) is 25.6 Å². The van der Waals surface area contributed by atoms with E-state index in [1.807, 2.05) is 11.4 Å². The van der Waals surface area contributed by atoms with Gasteiger partial charge in [0.25, 0.3) is 0 Å². The van der Waals surface area contributed by atoms with Gasteiger partial charge in [-0.2, -0.15) is 0 Å². The number of fused-ring (bicyclic) bond motifs is 1. The Labute approximate surface area is 104 Å². The molecule has 6 heteroatoms. The van der Waals surface area contributed by atoms with Gasteiger partial charge in [-0.15, -0.1) is 11.3 Å². The van der Waals surface area contributed by atoms with Gasteiger partial charge in [0.1, 0.15) is 17.0 Å². The van der Waals surface area contributed by atoms with Crippen LogP contribution in [-0.2, 0) is 4.74 Å². The fraction of sp³-hybridized carbons (Fsp3) is 0.455. The highest BCUT2D eigenvalue weighted by Gasteiger charge is 2.11. The van der Waals surface area contributed by atoms with Crippen molar-refractivity contribution in [3.05, 3.63) is 17.8 Å². The van der Waals surface area contributed by atoms with E-state index in [-0.39, 0.29) is 6.04 Å². The van der Waals surface area contributed by atoms with E-state index < -0.39 is 0 Å². The van der Waals surface area contributed by atoms with Crippen molar-refractivity contribution in [2.24, 2.45) is 5.73 Å². The number of nitrogens with zero attached hydrogens (tertiary/aromatic N) is 2. The third kappa shape index (κ3) is 2.91. The molecule has 1 atom stereocenters. The third-order valence-corrected chi connectivity index (χ3v) is 3.31. The number of aromatic nitrogens is 2. The van der Waals surface area contributed by atoms with Crippen LogP contribution in [0.15, 0.2) is 17.8 Å². The first kappa shape index (κ1) is 12.2. The van der Waals surface area contributed by atoms with E-state index in [9.17, 15) is 0 Å². The first-order valence-electron chi connectivity index (χ1n) is 5.49. The largest absolute Gasteiger partial charge is 0.383 e. The zero-order valence-electron chi connectivity index (χ0n) is 9.72. The molecule has 0 aliphatic heterocycles. The van der Waals surface area contributed by atoms with Crippen LogP contribution >= 0.6 is 11.3 Å². The molecule has 0 aliphatic carbocycles. The SMILES string of the molecule is COCC(CCN)Nc1ncnc2sccc12. The van der Waals surface area contributed by atoms with Gasteiger partial charge in [0.15, 0.2) is 0 Å². The maximum absolute atomic E-state index is 5.58. The monoisotopic (exact) mass is 252 g/mol. The number of methoxy groups -OCH3 is 1. The fourth-order valence-electron chi connectivity index (χ4n) is 1.70. The van der Waals surface area contributed by atoms with Gasteiger partial charge in [-0.05, 0) is 24.4 Å². The number of hydrogen-bond donors (Lipinski definition) is 2. The summed E-state index contributed by atoms with van der Waals surface area (Å²) in [6, 6.07) is 2.21. The summed E-state index contributed by atoms with van der Waals surface area (Å²) in [5.41, 5.74) is 5.58. The molecule has 17 heavy (non-hydrogen) atoms. The molecule has 0 saturated carbocycles. The van der Waals surface area contributed by atoms with Crippen LogP contribution in [0.4, 0.5) is 5.82 Å². The molecule has 2 aromatic heterocycles. The van der Waals surface area contributed by atoms with E-state index >= 15 is 0 Å². The quantitative estimate of drug-likeness (QED) is 0.814. The minimum Gasteiger partial charge on any atom is -0.383 e. The summed E-state index contributed by atoms with van der Waals surface area (Å²) in [6.07, 6.45) is 2.43. The summed E-state index contributed by atoms with van der Waals surface area (Å²) >= 11 is 1.61. The van der Waals surface area contributed by atoms with Crippen LogP contribution in [-0.4, -0.2) is 36.3 Å². The van der Waals surface area contributed by atoms with Gasteiger partial charge in [-0.1, -0.05) is 0 Å². The highest BCUT2D eigenvalue weighted by atomic mass is 32.1. The summed E-state index contributed by atoms with van der Waals surface area (Å²) in [5.74, 6) is 0.853. The second-order valence-corrected chi connectivity index (χ2v) is 4.63. The van der Waals surface area contributed by atoms with Crippen molar-refractivity contribution in [1.82, 2.24) is 9.97 Å². The van der Waals surface area contributed by atoms with Crippen molar-refractivity contribution >= 4 is 27.4 Å². The molecule has 0 aliphatic rings. The lowest BCUT2D eigenvalue weighted by Crippen LogP contribution is -2.28. The highest BCUT2D eigenvalue weighted by Crippen LogP contribution is 2.24. The lowest BCUT2D eigenvalue weighted by Gasteiger charge is -2.17. The van der Waals surface area contributed by atoms with Crippen LogP contribution < -0.4 is 11.1 Å². The molecular formula is C11H16N4OS. The second-order valence-electron chi connectivity index (χ2n) is 3.74. The van der Waals surface area contributed by atoms with Gasteiger partial charge in [0.2, 0.25) is 0 Å². The van der Waals surface area contributed by atoms with Crippen molar-refractivity contribution in [3.8, 4) is 0 Å². The molecule has 2 rings (SSSR count). The van der Waals surface area contributed by atoms with Gasteiger partial charge in [-0.25, -0.2) is 9.97 Å². The normalized spacial score (nSPS) is 12.8. The van der Waals surface area contributed by atoms with Gasteiger partial charge in [0, 0.05) is 7.11 Å². The molecule has 2 aromatic rings. The predicted molar refractivity (Wildman–Crippen MR) is 70.4 cm³/mol. The lowest BCUT2D eigenvalue weighted by molar-refractivity contribution is 0.183. The lowest BCUT2D eigenvalue weighted by atomic mass is 10.2. The Morgan fingerprint density at radius 3 is 3.18 bits per heavy atom. The second kappa shape index (κ2) is 5.90. The van der Waals surface area contributed by atoms with E-state index in [4.69, 9.17) is 10.5 Å². The van der Waals surface area contributed by atoms with Crippen LogP contribution in [0.5, 0.6) is 0 Å². The number of rotatable bonds is 6. The van der Waals surface area contributed by atoms with E-state index in [2.05, 4.69) is 15.3 Å². The first-order valence-corrected chi connectivity index (χ1v) is 6.37. The smallest absolute Gasteiger partial charge is 0.138 e. The average molecular weight is 252 g/mol. The molecule has 0 amide bonds. The number of ether oxygens (including phenoxy) is 1. The molecule has 0 saturated heterocycles. The topological polar surface area (TPSA) is 73.1 Å². The van der Waals surface area contributed by atoms with Gasteiger partial charge < -0.3 is 15.8 Å². The Balaban J connectivity index is 2.18. The van der Waals surface area contributed by atoms with Crippen LogP contribution in [0.1, 0.15) is 6.42 Å². The first-order chi connectivity index (χ1) is 8.35. The summed E-state index contributed by atoms with van der Waals surface area (Å²) in [4.78, 5) is 9.48. The molecule has 0 aromatic carbocycles. The molecule has 2 heterocycles. The Morgan fingerprint density at radius 1 is 1.53 bits per heavy atom. The van der Waals surface area contributed by atoms with E-state index in [1.54, 1.807) is 24.8 Å². The Hall–Kier alpha value is -1.24. The zero-order chi connectivity index (χ0) is 12.1. The summed E-state index contributed by atoms with van der Waals surface area (Å²) in [7, 11) is 1.69. The number of thiophene rings is 1. The van der Waals surface area contributed by atoms with E-state index in [0.29, 0.717) is 13.2 Å². The molecule has 0 spiro atoms. The minimum atomic E-state index is 0.183. The Kier molecular flexibility index (Phi) is 4.24. The van der Waals surface area contributed by atoms with E-state index in [0.717, 1.165) is 22.5 Å². The molecule has 0 bridgehead atoms. The Morgan fingerprint density at radius 2 is 2.41 bits per heavy atom. The van der Waals surface area contributed by atoms with Crippen molar-refractivity contribution in [1.29, 1.82) is 0 Å². The van der Waals surface area contributed by atoms with Crippen LogP contribution in [0.2, 0.25) is 0 Å². The number of nitrogens with one attached hydrogen (secondary N) is 1. The third-order valence-electron chi connectivity index (χ3n) is 2.49. The fourth-order valence-corrected chi connectivity index (χ4v) is 2.43. The van der Waals surface area contributed by atoms with Crippen LogP contribution in [0.25, 0.3) is 10.2 Å². The summed E-state index contributed by atoms with van der Waals surface area (Å²) < 4.78 is 5.16. The molecule has 92 valence electrons. The maximum Gasteiger partial charge on any atom is 0.138 e. The summed E-state index contributed by atoms with van der Waals surface area (Å²) in [6.45, 7) is 1.24. The van der Waals surface area contributed by atoms with Crippen molar-refractivity contribution in [3.63, 3.8) is 0 Å². The van der Waals surface area contributed by atoms with Gasteiger partial charge in [0.05, 0.1) is 18.0 Å². The molecule has 3 N–H and O–H groups in total.